The topological polar surface area (TPSA) is 69.6 Å². The Morgan fingerprint density at radius 3 is 2.19 bits per heavy atom. The van der Waals surface area contributed by atoms with E-state index in [0.29, 0.717) is 12.1 Å². The first kappa shape index (κ1) is 19.5. The second kappa shape index (κ2) is 9.04. The number of amides is 2. The molecular formula is C21H26N2O3. The summed E-state index contributed by atoms with van der Waals surface area (Å²) in [5.41, 5.74) is 2.58. The fourth-order valence-electron chi connectivity index (χ4n) is 2.82. The van der Waals surface area contributed by atoms with E-state index in [2.05, 4.69) is 5.32 Å². The van der Waals surface area contributed by atoms with Crippen LogP contribution in [0.5, 0.6) is 0 Å². The number of carbonyl (C=O) groups is 2. The van der Waals surface area contributed by atoms with Crippen molar-refractivity contribution in [1.82, 2.24) is 10.2 Å². The number of aryl methyl sites for hydroxylation is 1. The van der Waals surface area contributed by atoms with Crippen LogP contribution >= 0.6 is 0 Å². The fraction of sp³-hybridized carbons (Fsp3) is 0.333. The van der Waals surface area contributed by atoms with Gasteiger partial charge in [-0.05, 0) is 30.5 Å². The van der Waals surface area contributed by atoms with Crippen molar-refractivity contribution in [1.29, 1.82) is 0 Å². The molecule has 2 amide bonds. The molecule has 2 aromatic rings. The van der Waals surface area contributed by atoms with Crippen LogP contribution < -0.4 is 5.32 Å². The minimum Gasteiger partial charge on any atom is -0.465 e. The van der Waals surface area contributed by atoms with E-state index >= 15 is 0 Å². The fourth-order valence-corrected chi connectivity index (χ4v) is 2.82. The Kier molecular flexibility index (Phi) is 6.78. The van der Waals surface area contributed by atoms with E-state index in [1.807, 2.05) is 63.2 Å². The molecule has 0 bridgehead atoms. The summed E-state index contributed by atoms with van der Waals surface area (Å²) in [5, 5.41) is 12.6. The molecule has 26 heavy (non-hydrogen) atoms. The lowest BCUT2D eigenvalue weighted by Gasteiger charge is -2.32. The molecule has 0 aliphatic heterocycles. The number of hydrogen-bond acceptors (Lipinski definition) is 2. The first-order valence-corrected chi connectivity index (χ1v) is 8.77. The summed E-state index contributed by atoms with van der Waals surface area (Å²) in [7, 11) is 0. The Balaban J connectivity index is 2.08. The highest BCUT2D eigenvalue weighted by molar-refractivity contribution is 5.94. The monoisotopic (exact) mass is 354 g/mol. The average molecular weight is 354 g/mol. The van der Waals surface area contributed by atoms with Crippen LogP contribution in [0.2, 0.25) is 0 Å². The summed E-state index contributed by atoms with van der Waals surface area (Å²) in [6, 6.07) is 16.5. The summed E-state index contributed by atoms with van der Waals surface area (Å²) in [4.78, 5) is 25.6. The maximum absolute atomic E-state index is 12.4. The van der Waals surface area contributed by atoms with Crippen molar-refractivity contribution in [3.8, 4) is 0 Å². The Morgan fingerprint density at radius 2 is 1.65 bits per heavy atom. The van der Waals surface area contributed by atoms with Crippen molar-refractivity contribution in [2.24, 2.45) is 5.92 Å². The Labute approximate surface area is 154 Å². The van der Waals surface area contributed by atoms with Gasteiger partial charge < -0.3 is 10.4 Å². The van der Waals surface area contributed by atoms with Crippen LogP contribution in [-0.2, 0) is 6.54 Å². The summed E-state index contributed by atoms with van der Waals surface area (Å²) in [6.45, 7) is 6.45. The largest absolute Gasteiger partial charge is 0.465 e. The second-order valence-electron chi connectivity index (χ2n) is 6.78. The van der Waals surface area contributed by atoms with Gasteiger partial charge in [0.2, 0.25) is 0 Å². The highest BCUT2D eigenvalue weighted by atomic mass is 16.4. The molecule has 0 spiro atoms. The molecule has 0 unspecified atom stereocenters. The Bertz CT molecular complexity index is 727. The highest BCUT2D eigenvalue weighted by Gasteiger charge is 2.26. The van der Waals surface area contributed by atoms with Gasteiger partial charge in [0.25, 0.3) is 5.91 Å². The third-order valence-electron chi connectivity index (χ3n) is 4.40. The van der Waals surface area contributed by atoms with E-state index in [9.17, 15) is 14.7 Å². The molecule has 2 rings (SSSR count). The third kappa shape index (κ3) is 5.34. The van der Waals surface area contributed by atoms with Gasteiger partial charge in [-0.25, -0.2) is 4.79 Å². The number of nitrogens with zero attached hydrogens (tertiary/aromatic N) is 1. The number of hydrogen-bond donors (Lipinski definition) is 2. The first-order chi connectivity index (χ1) is 12.4. The zero-order valence-corrected chi connectivity index (χ0v) is 15.5. The standard InChI is InChI=1S/C21H26N2O3/c1-15(2)19(13-22-20(24)18-11-9-16(3)10-12-18)23(21(25)26)14-17-7-5-4-6-8-17/h4-12,15,19H,13-14H2,1-3H3,(H,22,24)(H,25,26)/t19-/m1/s1. The first-order valence-electron chi connectivity index (χ1n) is 8.77. The van der Waals surface area contributed by atoms with E-state index in [4.69, 9.17) is 0 Å². The molecule has 138 valence electrons. The molecule has 5 heteroatoms. The smallest absolute Gasteiger partial charge is 0.407 e. The Morgan fingerprint density at radius 1 is 1.04 bits per heavy atom. The average Bonchev–Trinajstić information content (AvgIpc) is 2.61. The SMILES string of the molecule is Cc1ccc(C(=O)NC[C@H](C(C)C)N(Cc2ccccc2)C(=O)O)cc1. The van der Waals surface area contributed by atoms with Gasteiger partial charge in [0.15, 0.2) is 0 Å². The predicted molar refractivity (Wildman–Crippen MR) is 102 cm³/mol. The molecular weight excluding hydrogens is 328 g/mol. The molecule has 0 aromatic heterocycles. The number of carboxylic acid groups (broad SMARTS) is 1. The number of rotatable bonds is 7. The van der Waals surface area contributed by atoms with E-state index in [1.165, 1.54) is 4.90 Å². The summed E-state index contributed by atoms with van der Waals surface area (Å²) >= 11 is 0. The maximum atomic E-state index is 12.4. The quantitative estimate of drug-likeness (QED) is 0.791. The van der Waals surface area contributed by atoms with Gasteiger partial charge in [-0.3, -0.25) is 9.69 Å². The van der Waals surface area contributed by atoms with Crippen LogP contribution in [0.3, 0.4) is 0 Å². The molecule has 5 nitrogen and oxygen atoms in total. The molecule has 0 saturated heterocycles. The molecule has 2 aromatic carbocycles. The third-order valence-corrected chi connectivity index (χ3v) is 4.40. The van der Waals surface area contributed by atoms with Gasteiger partial charge in [0, 0.05) is 18.7 Å². The van der Waals surface area contributed by atoms with Crippen molar-refractivity contribution in [2.45, 2.75) is 33.4 Å². The van der Waals surface area contributed by atoms with Crippen molar-refractivity contribution in [2.75, 3.05) is 6.54 Å². The van der Waals surface area contributed by atoms with Gasteiger partial charge in [-0.15, -0.1) is 0 Å². The van der Waals surface area contributed by atoms with Crippen LogP contribution in [0.25, 0.3) is 0 Å². The molecule has 0 aliphatic carbocycles. The summed E-state index contributed by atoms with van der Waals surface area (Å²) < 4.78 is 0. The second-order valence-corrected chi connectivity index (χ2v) is 6.78. The van der Waals surface area contributed by atoms with Crippen LogP contribution in [-0.4, -0.2) is 34.6 Å². The molecule has 0 radical (unpaired) electrons. The van der Waals surface area contributed by atoms with Crippen molar-refractivity contribution < 1.29 is 14.7 Å². The van der Waals surface area contributed by atoms with E-state index in [1.54, 1.807) is 12.1 Å². The number of nitrogens with one attached hydrogen (secondary N) is 1. The molecule has 2 N–H and O–H groups in total. The van der Waals surface area contributed by atoms with Gasteiger partial charge in [-0.1, -0.05) is 61.9 Å². The number of carbonyl (C=O) groups excluding carboxylic acids is 1. The lowest BCUT2D eigenvalue weighted by atomic mass is 10.0. The molecule has 0 fully saturated rings. The summed E-state index contributed by atoms with van der Waals surface area (Å²) in [5.74, 6) is -0.131. The molecule has 0 heterocycles. The molecule has 0 saturated carbocycles. The number of benzene rings is 2. The minimum absolute atomic E-state index is 0.0631. The normalized spacial score (nSPS) is 11.8. The van der Waals surface area contributed by atoms with Crippen LogP contribution in [0.1, 0.15) is 35.3 Å². The van der Waals surface area contributed by atoms with E-state index in [0.717, 1.165) is 11.1 Å². The van der Waals surface area contributed by atoms with Gasteiger partial charge in [0.05, 0.1) is 6.04 Å². The lowest BCUT2D eigenvalue weighted by molar-refractivity contribution is 0.0874. The van der Waals surface area contributed by atoms with Crippen molar-refractivity contribution in [3.63, 3.8) is 0 Å². The lowest BCUT2D eigenvalue weighted by Crippen LogP contribution is -2.48. The maximum Gasteiger partial charge on any atom is 0.407 e. The van der Waals surface area contributed by atoms with E-state index in [-0.39, 0.29) is 24.4 Å². The molecule has 0 aliphatic rings. The highest BCUT2D eigenvalue weighted by Crippen LogP contribution is 2.15. The molecule has 1 atom stereocenters. The van der Waals surface area contributed by atoms with Crippen molar-refractivity contribution in [3.05, 3.63) is 71.3 Å². The van der Waals surface area contributed by atoms with Gasteiger partial charge in [0.1, 0.15) is 0 Å². The predicted octanol–water partition coefficient (Wildman–Crippen LogP) is 3.93. The zero-order chi connectivity index (χ0) is 19.1. The summed E-state index contributed by atoms with van der Waals surface area (Å²) in [6.07, 6.45) is -0.989. The van der Waals surface area contributed by atoms with Crippen molar-refractivity contribution >= 4 is 12.0 Å². The minimum atomic E-state index is -0.989. The zero-order valence-electron chi connectivity index (χ0n) is 15.5. The van der Waals surface area contributed by atoms with Crippen LogP contribution in [0.4, 0.5) is 4.79 Å². The van der Waals surface area contributed by atoms with Gasteiger partial charge >= 0.3 is 6.09 Å². The van der Waals surface area contributed by atoms with Gasteiger partial charge in [-0.2, -0.15) is 0 Å². The van der Waals surface area contributed by atoms with Crippen LogP contribution in [0, 0.1) is 12.8 Å². The van der Waals surface area contributed by atoms with E-state index < -0.39 is 6.09 Å². The van der Waals surface area contributed by atoms with Crippen LogP contribution in [0.15, 0.2) is 54.6 Å². The Hall–Kier alpha value is -2.82.